The molecule has 1 aromatic rings. The fraction of sp³-hybridized carbons (Fsp3) is 0.500. The number of hydrogen-bond donors (Lipinski definition) is 1. The third-order valence-electron chi connectivity index (χ3n) is 2.41. The number of rotatable bonds is 5. The predicted molar refractivity (Wildman–Crippen MR) is 65.6 cm³/mol. The maximum atomic E-state index is 11.3. The number of carbonyl (C=O) groups is 1. The van der Waals surface area contributed by atoms with Crippen LogP contribution in [0, 0.1) is 0 Å². The second-order valence-electron chi connectivity index (χ2n) is 4.31. The van der Waals surface area contributed by atoms with E-state index in [1.165, 1.54) is 0 Å². The number of nitrogens with one attached hydrogen (secondary N) is 1. The molecule has 1 rings (SSSR count). The van der Waals surface area contributed by atoms with E-state index in [1.807, 2.05) is 18.2 Å². The van der Waals surface area contributed by atoms with Gasteiger partial charge >= 0.3 is 0 Å². The van der Waals surface area contributed by atoms with Crippen LogP contribution in [0.2, 0.25) is 0 Å². The van der Waals surface area contributed by atoms with Crippen LogP contribution in [0.15, 0.2) is 24.4 Å². The van der Waals surface area contributed by atoms with Gasteiger partial charge in [0.05, 0.1) is 0 Å². The lowest BCUT2D eigenvalue weighted by atomic mass is 9.88. The number of amides is 1. The molecule has 88 valence electrons. The molecule has 1 amide bonds. The van der Waals surface area contributed by atoms with Gasteiger partial charge in [0.2, 0.25) is 5.91 Å². The third kappa shape index (κ3) is 3.81. The number of aromatic nitrogens is 1. The molecule has 0 aliphatic heterocycles. The van der Waals surface area contributed by atoms with Gasteiger partial charge in [0.15, 0.2) is 0 Å². The Labute approximate surface area is 101 Å². The SMILES string of the molecule is CC(C)(CNC(=O)CCCl)c1ccccn1. The Hall–Kier alpha value is -1.09. The maximum Gasteiger partial charge on any atom is 0.221 e. The first-order chi connectivity index (χ1) is 7.56. The van der Waals surface area contributed by atoms with Gasteiger partial charge in [-0.2, -0.15) is 0 Å². The summed E-state index contributed by atoms with van der Waals surface area (Å²) in [5, 5.41) is 2.86. The number of halogens is 1. The summed E-state index contributed by atoms with van der Waals surface area (Å²) < 4.78 is 0. The highest BCUT2D eigenvalue weighted by Gasteiger charge is 2.22. The van der Waals surface area contributed by atoms with Crippen LogP contribution in [0.5, 0.6) is 0 Å². The first-order valence-electron chi connectivity index (χ1n) is 5.30. The summed E-state index contributed by atoms with van der Waals surface area (Å²) in [5.74, 6) is 0.342. The van der Waals surface area contributed by atoms with Crippen molar-refractivity contribution < 1.29 is 4.79 Å². The minimum absolute atomic E-state index is 0.0148. The Morgan fingerprint density at radius 2 is 2.25 bits per heavy atom. The van der Waals surface area contributed by atoms with Crippen LogP contribution >= 0.6 is 11.6 Å². The van der Waals surface area contributed by atoms with Crippen molar-refractivity contribution >= 4 is 17.5 Å². The van der Waals surface area contributed by atoms with Gasteiger partial charge < -0.3 is 5.32 Å². The molecule has 1 heterocycles. The molecule has 1 N–H and O–H groups in total. The monoisotopic (exact) mass is 240 g/mol. The smallest absolute Gasteiger partial charge is 0.221 e. The van der Waals surface area contributed by atoms with Crippen LogP contribution in [-0.2, 0) is 10.2 Å². The molecule has 0 aliphatic rings. The Morgan fingerprint density at radius 3 is 2.81 bits per heavy atom. The summed E-state index contributed by atoms with van der Waals surface area (Å²) in [6, 6.07) is 5.80. The summed E-state index contributed by atoms with van der Waals surface area (Å²) in [4.78, 5) is 15.6. The van der Waals surface area contributed by atoms with Crippen molar-refractivity contribution in [2.24, 2.45) is 0 Å². The number of alkyl halides is 1. The highest BCUT2D eigenvalue weighted by molar-refractivity contribution is 6.18. The summed E-state index contributed by atoms with van der Waals surface area (Å²) in [6.45, 7) is 4.67. The largest absolute Gasteiger partial charge is 0.355 e. The van der Waals surface area contributed by atoms with Crippen molar-refractivity contribution in [1.29, 1.82) is 0 Å². The molecule has 0 radical (unpaired) electrons. The molecule has 0 atom stereocenters. The Kier molecular flexibility index (Phi) is 4.74. The standard InChI is InChI=1S/C12H17ClN2O/c1-12(2,9-15-11(16)6-7-13)10-5-3-4-8-14-10/h3-5,8H,6-7,9H2,1-2H3,(H,15,16). The quantitative estimate of drug-likeness (QED) is 0.801. The summed E-state index contributed by atoms with van der Waals surface area (Å²) >= 11 is 5.49. The molecule has 3 nitrogen and oxygen atoms in total. The lowest BCUT2D eigenvalue weighted by molar-refractivity contribution is -0.120. The molecule has 16 heavy (non-hydrogen) atoms. The van der Waals surface area contributed by atoms with Gasteiger partial charge in [-0.15, -0.1) is 11.6 Å². The van der Waals surface area contributed by atoms with Gasteiger partial charge in [-0.3, -0.25) is 9.78 Å². The van der Waals surface area contributed by atoms with E-state index in [9.17, 15) is 4.79 Å². The van der Waals surface area contributed by atoms with E-state index in [-0.39, 0.29) is 11.3 Å². The molecule has 0 saturated carbocycles. The van der Waals surface area contributed by atoms with Gasteiger partial charge in [0.1, 0.15) is 0 Å². The molecular formula is C12H17ClN2O. The highest BCUT2D eigenvalue weighted by Crippen LogP contribution is 2.19. The van der Waals surface area contributed by atoms with E-state index in [0.29, 0.717) is 18.8 Å². The van der Waals surface area contributed by atoms with E-state index in [2.05, 4.69) is 24.1 Å². The van der Waals surface area contributed by atoms with Crippen LogP contribution < -0.4 is 5.32 Å². The summed E-state index contributed by atoms with van der Waals surface area (Å²) in [5.41, 5.74) is 0.810. The number of nitrogens with zero attached hydrogens (tertiary/aromatic N) is 1. The topological polar surface area (TPSA) is 42.0 Å². The maximum absolute atomic E-state index is 11.3. The first-order valence-corrected chi connectivity index (χ1v) is 5.84. The Balaban J connectivity index is 2.55. The lowest BCUT2D eigenvalue weighted by Gasteiger charge is -2.24. The van der Waals surface area contributed by atoms with Crippen molar-refractivity contribution in [3.05, 3.63) is 30.1 Å². The van der Waals surface area contributed by atoms with Crippen LogP contribution in [0.4, 0.5) is 0 Å². The van der Waals surface area contributed by atoms with Crippen LogP contribution in [0.1, 0.15) is 26.0 Å². The summed E-state index contributed by atoms with van der Waals surface area (Å²) in [7, 11) is 0. The normalized spacial score (nSPS) is 11.2. The average molecular weight is 241 g/mol. The minimum atomic E-state index is -0.163. The van der Waals surface area contributed by atoms with Crippen LogP contribution in [0.3, 0.4) is 0 Å². The van der Waals surface area contributed by atoms with Crippen molar-refractivity contribution in [3.8, 4) is 0 Å². The fourth-order valence-corrected chi connectivity index (χ4v) is 1.52. The third-order valence-corrected chi connectivity index (χ3v) is 2.60. The Morgan fingerprint density at radius 1 is 1.50 bits per heavy atom. The van der Waals surface area contributed by atoms with E-state index in [1.54, 1.807) is 6.20 Å². The molecule has 0 aliphatic carbocycles. The van der Waals surface area contributed by atoms with Gasteiger partial charge in [-0.25, -0.2) is 0 Å². The molecular weight excluding hydrogens is 224 g/mol. The molecule has 0 spiro atoms. The molecule has 0 unspecified atom stereocenters. The first kappa shape index (κ1) is 13.0. The van der Waals surface area contributed by atoms with Crippen molar-refractivity contribution in [3.63, 3.8) is 0 Å². The van der Waals surface area contributed by atoms with Crippen LogP contribution in [-0.4, -0.2) is 23.3 Å². The van der Waals surface area contributed by atoms with E-state index in [4.69, 9.17) is 11.6 Å². The molecule has 0 fully saturated rings. The molecule has 0 bridgehead atoms. The predicted octanol–water partition coefficient (Wildman–Crippen LogP) is 2.10. The lowest BCUT2D eigenvalue weighted by Crippen LogP contribution is -2.37. The van der Waals surface area contributed by atoms with Crippen molar-refractivity contribution in [1.82, 2.24) is 10.3 Å². The molecule has 0 aromatic carbocycles. The average Bonchev–Trinajstić information content (AvgIpc) is 2.28. The minimum Gasteiger partial charge on any atom is -0.355 e. The van der Waals surface area contributed by atoms with Crippen molar-refractivity contribution in [2.75, 3.05) is 12.4 Å². The van der Waals surface area contributed by atoms with Gasteiger partial charge in [-0.05, 0) is 12.1 Å². The van der Waals surface area contributed by atoms with E-state index >= 15 is 0 Å². The number of carbonyl (C=O) groups excluding carboxylic acids is 1. The van der Waals surface area contributed by atoms with Crippen LogP contribution in [0.25, 0.3) is 0 Å². The second kappa shape index (κ2) is 5.85. The van der Waals surface area contributed by atoms with Gasteiger partial charge in [-0.1, -0.05) is 19.9 Å². The van der Waals surface area contributed by atoms with Gasteiger partial charge in [0, 0.05) is 36.2 Å². The number of hydrogen-bond acceptors (Lipinski definition) is 2. The zero-order chi connectivity index (χ0) is 12.0. The van der Waals surface area contributed by atoms with E-state index < -0.39 is 0 Å². The molecule has 0 saturated heterocycles. The second-order valence-corrected chi connectivity index (χ2v) is 4.69. The summed E-state index contributed by atoms with van der Waals surface area (Å²) in [6.07, 6.45) is 2.12. The number of pyridine rings is 1. The zero-order valence-electron chi connectivity index (χ0n) is 9.66. The molecule has 4 heteroatoms. The Bertz CT molecular complexity index is 338. The zero-order valence-corrected chi connectivity index (χ0v) is 10.4. The van der Waals surface area contributed by atoms with Crippen molar-refractivity contribution in [2.45, 2.75) is 25.7 Å². The van der Waals surface area contributed by atoms with Gasteiger partial charge in [0.25, 0.3) is 0 Å². The van der Waals surface area contributed by atoms with E-state index in [0.717, 1.165) is 5.69 Å². The fourth-order valence-electron chi connectivity index (χ4n) is 1.35. The highest BCUT2D eigenvalue weighted by atomic mass is 35.5. The molecule has 1 aromatic heterocycles.